The third kappa shape index (κ3) is 1.70. The van der Waals surface area contributed by atoms with E-state index in [9.17, 15) is 14.4 Å². The molecule has 5 nitrogen and oxygen atoms in total. The average molecular weight is 333 g/mol. The van der Waals surface area contributed by atoms with Gasteiger partial charge in [-0.15, -0.1) is 0 Å². The molecule has 0 saturated carbocycles. The summed E-state index contributed by atoms with van der Waals surface area (Å²) in [6.07, 6.45) is 0. The zero-order valence-electron chi connectivity index (χ0n) is 13.3. The number of likely N-dealkylation sites (tertiary alicyclic amines) is 1. The number of carbonyl (C=O) groups excluding carboxylic acids is 2. The highest BCUT2D eigenvalue weighted by Gasteiger charge is 2.61. The van der Waals surface area contributed by atoms with Crippen molar-refractivity contribution in [1.82, 2.24) is 4.90 Å². The summed E-state index contributed by atoms with van der Waals surface area (Å²) in [6.45, 7) is -0.559. The van der Waals surface area contributed by atoms with E-state index in [0.29, 0.717) is 0 Å². The molecule has 2 atom stereocenters. The Morgan fingerprint density at radius 2 is 1.16 bits per heavy atom. The number of imide groups is 1. The van der Waals surface area contributed by atoms with Gasteiger partial charge in [0.05, 0.1) is 11.8 Å². The monoisotopic (exact) mass is 333 g/mol. The van der Waals surface area contributed by atoms with Crippen LogP contribution in [-0.2, 0) is 14.4 Å². The second kappa shape index (κ2) is 4.79. The lowest BCUT2D eigenvalue weighted by molar-refractivity contribution is -0.149. The molecule has 0 unspecified atom stereocenters. The molecule has 2 aromatic rings. The maximum Gasteiger partial charge on any atom is 0.323 e. The van der Waals surface area contributed by atoms with E-state index in [1.807, 2.05) is 48.5 Å². The van der Waals surface area contributed by atoms with Crippen molar-refractivity contribution in [3.63, 3.8) is 0 Å². The van der Waals surface area contributed by atoms with Gasteiger partial charge < -0.3 is 5.11 Å². The van der Waals surface area contributed by atoms with Gasteiger partial charge in [0.25, 0.3) is 0 Å². The van der Waals surface area contributed by atoms with E-state index < -0.39 is 24.3 Å². The van der Waals surface area contributed by atoms with E-state index in [-0.39, 0.29) is 23.7 Å². The van der Waals surface area contributed by atoms with Crippen molar-refractivity contribution in [2.75, 3.05) is 6.54 Å². The summed E-state index contributed by atoms with van der Waals surface area (Å²) in [5.41, 5.74) is 4.35. The summed E-state index contributed by atoms with van der Waals surface area (Å²) in [5, 5.41) is 9.09. The number of rotatable bonds is 2. The molecular formula is C20H15NO4. The van der Waals surface area contributed by atoms with Crippen LogP contribution in [-0.4, -0.2) is 34.3 Å². The van der Waals surface area contributed by atoms with Crippen molar-refractivity contribution in [3.8, 4) is 0 Å². The number of amides is 2. The van der Waals surface area contributed by atoms with Crippen LogP contribution in [0.1, 0.15) is 34.1 Å². The van der Waals surface area contributed by atoms with Crippen LogP contribution in [0.3, 0.4) is 0 Å². The molecule has 1 aliphatic heterocycles. The molecule has 1 fully saturated rings. The number of hydrogen-bond acceptors (Lipinski definition) is 3. The van der Waals surface area contributed by atoms with E-state index in [4.69, 9.17) is 5.11 Å². The molecule has 6 rings (SSSR count). The van der Waals surface area contributed by atoms with Crippen molar-refractivity contribution < 1.29 is 19.5 Å². The molecule has 25 heavy (non-hydrogen) atoms. The number of carboxylic acids is 1. The smallest absolute Gasteiger partial charge is 0.323 e. The van der Waals surface area contributed by atoms with Crippen LogP contribution in [0.5, 0.6) is 0 Å². The Kier molecular flexibility index (Phi) is 2.76. The zero-order valence-corrected chi connectivity index (χ0v) is 13.3. The fraction of sp³-hybridized carbons (Fsp3) is 0.250. The first kappa shape index (κ1) is 14.4. The standard InChI is InChI=1S/C20H15NO4/c22-14(23)9-21-19(24)17-15-10-5-1-2-6-11(10)16(18(17)20(21)25)13-8-4-3-7-12(13)15/h1-8,15-18H,9H2,(H,22,23)/t15?,16?,17-,18-/m0/s1. The van der Waals surface area contributed by atoms with Crippen LogP contribution >= 0.6 is 0 Å². The molecule has 1 heterocycles. The van der Waals surface area contributed by atoms with Gasteiger partial charge in [0, 0.05) is 11.8 Å². The van der Waals surface area contributed by atoms with E-state index in [0.717, 1.165) is 27.2 Å². The Morgan fingerprint density at radius 1 is 0.800 bits per heavy atom. The van der Waals surface area contributed by atoms with Gasteiger partial charge in [-0.3, -0.25) is 19.3 Å². The molecule has 5 heteroatoms. The predicted octanol–water partition coefficient (Wildman–Crippen LogP) is 1.96. The van der Waals surface area contributed by atoms with E-state index in [1.165, 1.54) is 0 Å². The fourth-order valence-electron chi connectivity index (χ4n) is 5.03. The third-order valence-corrected chi connectivity index (χ3v) is 5.83. The van der Waals surface area contributed by atoms with Crippen LogP contribution in [0.15, 0.2) is 48.5 Å². The van der Waals surface area contributed by atoms with Crippen molar-refractivity contribution in [1.29, 1.82) is 0 Å². The SMILES string of the molecule is O=C(O)CN1C(=O)[C@H]2C3c4ccccc4C(c4ccccc43)[C@@H]2C1=O. The first-order valence-electron chi connectivity index (χ1n) is 8.34. The average Bonchev–Trinajstić information content (AvgIpc) is 2.87. The van der Waals surface area contributed by atoms with E-state index >= 15 is 0 Å². The molecule has 2 aromatic carbocycles. The van der Waals surface area contributed by atoms with Crippen LogP contribution < -0.4 is 0 Å². The van der Waals surface area contributed by atoms with Crippen LogP contribution in [0.4, 0.5) is 0 Å². The molecule has 1 N–H and O–H groups in total. The molecule has 1 saturated heterocycles. The number of aliphatic carboxylic acids is 1. The van der Waals surface area contributed by atoms with Gasteiger partial charge in [-0.2, -0.15) is 0 Å². The lowest BCUT2D eigenvalue weighted by atomic mass is 9.55. The van der Waals surface area contributed by atoms with E-state index in [2.05, 4.69) is 0 Å². The highest BCUT2D eigenvalue weighted by molar-refractivity contribution is 6.09. The third-order valence-electron chi connectivity index (χ3n) is 5.83. The zero-order chi connectivity index (χ0) is 17.3. The number of benzene rings is 2. The molecular weight excluding hydrogens is 318 g/mol. The maximum absolute atomic E-state index is 12.9. The molecule has 0 spiro atoms. The Bertz CT molecular complexity index is 835. The normalized spacial score (nSPS) is 28.6. The van der Waals surface area contributed by atoms with Gasteiger partial charge in [-0.1, -0.05) is 48.5 Å². The summed E-state index contributed by atoms with van der Waals surface area (Å²) in [4.78, 5) is 37.9. The van der Waals surface area contributed by atoms with Gasteiger partial charge in [0.1, 0.15) is 6.54 Å². The predicted molar refractivity (Wildman–Crippen MR) is 87.9 cm³/mol. The first-order chi connectivity index (χ1) is 12.1. The molecule has 2 amide bonds. The number of carbonyl (C=O) groups is 3. The number of carboxylic acid groups (broad SMARTS) is 1. The van der Waals surface area contributed by atoms with Gasteiger partial charge in [-0.05, 0) is 22.3 Å². The first-order valence-corrected chi connectivity index (χ1v) is 8.34. The summed E-state index contributed by atoms with van der Waals surface area (Å²) in [6, 6.07) is 15.9. The number of nitrogens with zero attached hydrogens (tertiary/aromatic N) is 1. The van der Waals surface area contributed by atoms with Crippen LogP contribution in [0.2, 0.25) is 0 Å². The van der Waals surface area contributed by atoms with Crippen molar-refractivity contribution in [2.24, 2.45) is 11.8 Å². The highest BCUT2D eigenvalue weighted by atomic mass is 16.4. The molecule has 4 aliphatic rings. The fourth-order valence-corrected chi connectivity index (χ4v) is 5.03. The summed E-state index contributed by atoms with van der Waals surface area (Å²) in [5.74, 6) is -3.23. The van der Waals surface area contributed by atoms with Crippen molar-refractivity contribution in [3.05, 3.63) is 70.8 Å². The minimum absolute atomic E-state index is 0.183. The van der Waals surface area contributed by atoms with Crippen LogP contribution in [0.25, 0.3) is 0 Å². The second-order valence-corrected chi connectivity index (χ2v) is 6.92. The highest BCUT2D eigenvalue weighted by Crippen LogP contribution is 2.60. The van der Waals surface area contributed by atoms with E-state index in [1.54, 1.807) is 0 Å². The Morgan fingerprint density at radius 3 is 1.48 bits per heavy atom. The Hall–Kier alpha value is -2.95. The second-order valence-electron chi connectivity index (χ2n) is 6.92. The summed E-state index contributed by atoms with van der Waals surface area (Å²) >= 11 is 0. The molecule has 0 aromatic heterocycles. The lowest BCUT2D eigenvalue weighted by Gasteiger charge is -2.45. The molecule has 2 bridgehead atoms. The molecule has 0 radical (unpaired) electrons. The van der Waals surface area contributed by atoms with Gasteiger partial charge in [0.15, 0.2) is 0 Å². The van der Waals surface area contributed by atoms with Gasteiger partial charge in [-0.25, -0.2) is 0 Å². The van der Waals surface area contributed by atoms with Crippen molar-refractivity contribution >= 4 is 17.8 Å². The van der Waals surface area contributed by atoms with Gasteiger partial charge in [0.2, 0.25) is 11.8 Å². The molecule has 3 aliphatic carbocycles. The quantitative estimate of drug-likeness (QED) is 0.853. The van der Waals surface area contributed by atoms with Gasteiger partial charge >= 0.3 is 5.97 Å². The topological polar surface area (TPSA) is 74.7 Å². The minimum Gasteiger partial charge on any atom is -0.480 e. The van der Waals surface area contributed by atoms with Crippen molar-refractivity contribution in [2.45, 2.75) is 11.8 Å². The Labute approximate surface area is 143 Å². The summed E-state index contributed by atoms with van der Waals surface area (Å²) < 4.78 is 0. The Balaban J connectivity index is 1.74. The largest absolute Gasteiger partial charge is 0.480 e. The molecule has 124 valence electrons. The summed E-state index contributed by atoms with van der Waals surface area (Å²) in [7, 11) is 0. The lowest BCUT2D eigenvalue weighted by Crippen LogP contribution is -2.41. The number of hydrogen-bond donors (Lipinski definition) is 1. The van der Waals surface area contributed by atoms with Crippen LogP contribution in [0, 0.1) is 11.8 Å². The minimum atomic E-state index is -1.16. The maximum atomic E-state index is 12.9.